The van der Waals surface area contributed by atoms with Gasteiger partial charge in [0.05, 0.1) is 15.6 Å². The minimum atomic E-state index is -4.53. The number of aliphatic hydroxyl groups is 1. The lowest BCUT2D eigenvalue weighted by molar-refractivity contribution is -0.137. The summed E-state index contributed by atoms with van der Waals surface area (Å²) in [5.74, 6) is 0. The number of nitrogens with two attached hydrogens (primary N) is 1. The highest BCUT2D eigenvalue weighted by Gasteiger charge is 2.32. The second kappa shape index (κ2) is 5.75. The van der Waals surface area contributed by atoms with Crippen molar-refractivity contribution in [2.45, 2.75) is 12.3 Å². The molecule has 0 amide bonds. The number of anilines is 1. The van der Waals surface area contributed by atoms with E-state index in [2.05, 4.69) is 0 Å². The number of aliphatic hydroxyl groups excluding tert-OH is 1. The van der Waals surface area contributed by atoms with Crippen LogP contribution in [-0.2, 0) is 6.18 Å². The second-order valence-electron chi connectivity index (χ2n) is 4.39. The van der Waals surface area contributed by atoms with Gasteiger partial charge in [-0.3, -0.25) is 0 Å². The fraction of sp³-hybridized carbons (Fsp3) is 0.143. The Morgan fingerprint density at radius 2 is 1.71 bits per heavy atom. The molecular formula is C14H10Cl2F3NO. The topological polar surface area (TPSA) is 46.2 Å². The van der Waals surface area contributed by atoms with Crippen molar-refractivity contribution in [3.05, 3.63) is 63.1 Å². The molecule has 7 heteroatoms. The van der Waals surface area contributed by atoms with Crippen molar-refractivity contribution in [3.8, 4) is 0 Å². The van der Waals surface area contributed by atoms with Gasteiger partial charge < -0.3 is 10.8 Å². The Bertz CT molecular complexity index is 674. The summed E-state index contributed by atoms with van der Waals surface area (Å²) in [7, 11) is 0. The molecule has 0 aliphatic rings. The van der Waals surface area contributed by atoms with Gasteiger partial charge >= 0.3 is 6.18 Å². The smallest absolute Gasteiger partial charge is 0.398 e. The summed E-state index contributed by atoms with van der Waals surface area (Å²) < 4.78 is 38.2. The van der Waals surface area contributed by atoms with Crippen LogP contribution in [0, 0.1) is 0 Å². The summed E-state index contributed by atoms with van der Waals surface area (Å²) >= 11 is 11.8. The van der Waals surface area contributed by atoms with E-state index in [1.165, 1.54) is 18.2 Å². The molecule has 0 fully saturated rings. The van der Waals surface area contributed by atoms with Gasteiger partial charge in [0.25, 0.3) is 0 Å². The normalized spacial score (nSPS) is 13.2. The quantitative estimate of drug-likeness (QED) is 0.783. The van der Waals surface area contributed by atoms with Gasteiger partial charge in [-0.25, -0.2) is 0 Å². The molecule has 0 saturated heterocycles. The van der Waals surface area contributed by atoms with Gasteiger partial charge in [0, 0.05) is 16.8 Å². The van der Waals surface area contributed by atoms with Crippen LogP contribution >= 0.6 is 23.2 Å². The third kappa shape index (κ3) is 3.26. The number of alkyl halides is 3. The molecule has 0 radical (unpaired) electrons. The summed E-state index contributed by atoms with van der Waals surface area (Å²) in [5, 5.41) is 10.5. The summed E-state index contributed by atoms with van der Waals surface area (Å²) in [6.07, 6.45) is -5.93. The van der Waals surface area contributed by atoms with E-state index < -0.39 is 17.8 Å². The van der Waals surface area contributed by atoms with E-state index in [1.54, 1.807) is 0 Å². The average molecular weight is 336 g/mol. The molecule has 1 unspecified atom stereocenters. The number of nitrogen functional groups attached to an aromatic ring is 1. The Hall–Kier alpha value is -1.43. The largest absolute Gasteiger partial charge is 0.416 e. The zero-order valence-electron chi connectivity index (χ0n) is 10.5. The number of halogens is 5. The Balaban J connectivity index is 2.53. The zero-order chi connectivity index (χ0) is 15.8. The van der Waals surface area contributed by atoms with Crippen LogP contribution in [0.25, 0.3) is 0 Å². The first-order valence-corrected chi connectivity index (χ1v) is 6.56. The molecule has 2 aromatic rings. The second-order valence-corrected chi connectivity index (χ2v) is 5.17. The SMILES string of the molecule is Nc1ccc(C(F)(F)F)cc1C(O)c1cccc(Cl)c1Cl. The predicted octanol–water partition coefficient (Wildman–Crippen LogP) is 4.68. The van der Waals surface area contributed by atoms with Crippen LogP contribution in [0.15, 0.2) is 36.4 Å². The first kappa shape index (κ1) is 15.9. The minimum Gasteiger partial charge on any atom is -0.398 e. The third-order valence-corrected chi connectivity index (χ3v) is 3.82. The van der Waals surface area contributed by atoms with Crippen LogP contribution in [0.3, 0.4) is 0 Å². The fourth-order valence-corrected chi connectivity index (χ4v) is 2.30. The summed E-state index contributed by atoms with van der Waals surface area (Å²) in [4.78, 5) is 0. The predicted molar refractivity (Wildman–Crippen MR) is 76.4 cm³/mol. The summed E-state index contributed by atoms with van der Waals surface area (Å²) in [6, 6.07) is 7.27. The van der Waals surface area contributed by atoms with Crippen molar-refractivity contribution in [3.63, 3.8) is 0 Å². The highest BCUT2D eigenvalue weighted by molar-refractivity contribution is 6.42. The molecular weight excluding hydrogens is 326 g/mol. The van der Waals surface area contributed by atoms with Gasteiger partial charge in [-0.2, -0.15) is 13.2 Å². The Morgan fingerprint density at radius 3 is 2.33 bits per heavy atom. The highest BCUT2D eigenvalue weighted by atomic mass is 35.5. The minimum absolute atomic E-state index is 0.0338. The van der Waals surface area contributed by atoms with Crippen molar-refractivity contribution < 1.29 is 18.3 Å². The number of hydrogen-bond acceptors (Lipinski definition) is 2. The molecule has 0 heterocycles. The Morgan fingerprint density at radius 1 is 1.05 bits per heavy atom. The maximum atomic E-state index is 12.7. The van der Waals surface area contributed by atoms with Crippen LogP contribution in [0.2, 0.25) is 10.0 Å². The Kier molecular flexibility index (Phi) is 4.37. The molecule has 0 aliphatic heterocycles. The standard InChI is InChI=1S/C14H10Cl2F3NO/c15-10-3-1-2-8(12(10)16)13(21)9-6-7(14(17,18)19)4-5-11(9)20/h1-6,13,21H,20H2. The van der Waals surface area contributed by atoms with Gasteiger partial charge in [0.15, 0.2) is 0 Å². The molecule has 2 aromatic carbocycles. The van der Waals surface area contributed by atoms with E-state index in [-0.39, 0.29) is 26.9 Å². The summed E-state index contributed by atoms with van der Waals surface area (Å²) in [5.41, 5.74) is 4.91. The molecule has 112 valence electrons. The lowest BCUT2D eigenvalue weighted by Gasteiger charge is -2.17. The van der Waals surface area contributed by atoms with Crippen molar-refractivity contribution in [1.29, 1.82) is 0 Å². The van der Waals surface area contributed by atoms with E-state index in [1.807, 2.05) is 0 Å². The lowest BCUT2D eigenvalue weighted by atomic mass is 9.98. The maximum absolute atomic E-state index is 12.7. The van der Waals surface area contributed by atoms with Gasteiger partial charge in [0.1, 0.15) is 6.10 Å². The van der Waals surface area contributed by atoms with E-state index in [9.17, 15) is 18.3 Å². The maximum Gasteiger partial charge on any atom is 0.416 e. The van der Waals surface area contributed by atoms with Gasteiger partial charge in [-0.15, -0.1) is 0 Å². The molecule has 1 atom stereocenters. The first-order chi connectivity index (χ1) is 9.71. The monoisotopic (exact) mass is 335 g/mol. The van der Waals surface area contributed by atoms with Crippen LogP contribution in [0.5, 0.6) is 0 Å². The molecule has 0 bridgehead atoms. The molecule has 0 aliphatic carbocycles. The van der Waals surface area contributed by atoms with Gasteiger partial charge in [-0.05, 0) is 24.3 Å². The molecule has 21 heavy (non-hydrogen) atoms. The van der Waals surface area contributed by atoms with Crippen LogP contribution < -0.4 is 5.73 Å². The molecule has 3 N–H and O–H groups in total. The van der Waals surface area contributed by atoms with E-state index in [0.29, 0.717) is 0 Å². The van der Waals surface area contributed by atoms with Crippen molar-refractivity contribution >= 4 is 28.9 Å². The van der Waals surface area contributed by atoms with E-state index in [0.717, 1.165) is 18.2 Å². The zero-order valence-corrected chi connectivity index (χ0v) is 12.0. The number of hydrogen-bond donors (Lipinski definition) is 2. The Labute approximate surface area is 128 Å². The van der Waals surface area contributed by atoms with Crippen LogP contribution in [-0.4, -0.2) is 5.11 Å². The molecule has 0 aromatic heterocycles. The molecule has 0 spiro atoms. The third-order valence-electron chi connectivity index (χ3n) is 2.98. The van der Waals surface area contributed by atoms with Crippen molar-refractivity contribution in [1.82, 2.24) is 0 Å². The van der Waals surface area contributed by atoms with Crippen LogP contribution in [0.4, 0.5) is 18.9 Å². The molecule has 2 nitrogen and oxygen atoms in total. The van der Waals surface area contributed by atoms with Gasteiger partial charge in [0.2, 0.25) is 0 Å². The molecule has 0 saturated carbocycles. The van der Waals surface area contributed by atoms with Crippen molar-refractivity contribution in [2.24, 2.45) is 0 Å². The van der Waals surface area contributed by atoms with Crippen LogP contribution in [0.1, 0.15) is 22.8 Å². The first-order valence-electron chi connectivity index (χ1n) is 5.80. The summed E-state index contributed by atoms with van der Waals surface area (Å²) in [6.45, 7) is 0. The molecule has 2 rings (SSSR count). The van der Waals surface area contributed by atoms with Crippen molar-refractivity contribution in [2.75, 3.05) is 5.73 Å². The highest BCUT2D eigenvalue weighted by Crippen LogP contribution is 2.38. The average Bonchev–Trinajstić information content (AvgIpc) is 2.40. The van der Waals surface area contributed by atoms with Gasteiger partial charge in [-0.1, -0.05) is 35.3 Å². The fourth-order valence-electron chi connectivity index (χ4n) is 1.89. The number of rotatable bonds is 2. The number of benzene rings is 2. The van der Waals surface area contributed by atoms with E-state index >= 15 is 0 Å². The lowest BCUT2D eigenvalue weighted by Crippen LogP contribution is -2.10. The van der Waals surface area contributed by atoms with E-state index in [4.69, 9.17) is 28.9 Å².